The van der Waals surface area contributed by atoms with Crippen molar-refractivity contribution < 1.29 is 4.79 Å². The number of hydrazine groups is 1. The molecule has 2 aromatic rings. The Balaban J connectivity index is 2.27. The molecule has 2 rings (SSSR count). The third kappa shape index (κ3) is 3.05. The van der Waals surface area contributed by atoms with Gasteiger partial charge in [0, 0.05) is 12.3 Å². The average molecular weight is 257 g/mol. The Labute approximate surface area is 111 Å². The van der Waals surface area contributed by atoms with Crippen molar-refractivity contribution in [3.05, 3.63) is 47.8 Å². The highest BCUT2D eigenvalue weighted by molar-refractivity contribution is 5.90. The summed E-state index contributed by atoms with van der Waals surface area (Å²) in [5.74, 6) is 4.62. The van der Waals surface area contributed by atoms with Crippen LogP contribution >= 0.6 is 0 Å². The van der Waals surface area contributed by atoms with Gasteiger partial charge in [0.15, 0.2) is 0 Å². The minimum Gasteiger partial charge on any atom is -0.304 e. The summed E-state index contributed by atoms with van der Waals surface area (Å²) in [6, 6.07) is 3.77. The zero-order valence-corrected chi connectivity index (χ0v) is 10.8. The van der Waals surface area contributed by atoms with Crippen molar-refractivity contribution in [1.82, 2.24) is 20.0 Å². The lowest BCUT2D eigenvalue weighted by Gasteiger charge is -2.06. The number of rotatable bonds is 3. The molecule has 0 saturated heterocycles. The van der Waals surface area contributed by atoms with Crippen LogP contribution in [0.25, 0.3) is 11.8 Å². The van der Waals surface area contributed by atoms with Crippen LogP contribution in [0.1, 0.15) is 17.1 Å². The molecule has 0 aliphatic rings. The summed E-state index contributed by atoms with van der Waals surface area (Å²) in [5, 5.41) is 0. The summed E-state index contributed by atoms with van der Waals surface area (Å²) in [6.45, 7) is 3.84. The molecule has 2 aromatic heterocycles. The molecule has 98 valence electrons. The second-order valence-electron chi connectivity index (χ2n) is 4.10. The first kappa shape index (κ1) is 13.0. The second-order valence-corrected chi connectivity index (χ2v) is 4.10. The van der Waals surface area contributed by atoms with Crippen LogP contribution < -0.4 is 11.3 Å². The maximum absolute atomic E-state index is 11.0. The molecule has 0 unspecified atom stereocenters. The molecule has 0 aliphatic carbocycles. The quantitative estimate of drug-likeness (QED) is 0.370. The van der Waals surface area contributed by atoms with Crippen LogP contribution in [0.3, 0.4) is 0 Å². The van der Waals surface area contributed by atoms with E-state index in [9.17, 15) is 4.79 Å². The van der Waals surface area contributed by atoms with Crippen LogP contribution in [0, 0.1) is 13.8 Å². The van der Waals surface area contributed by atoms with Crippen molar-refractivity contribution in [3.63, 3.8) is 0 Å². The predicted octanol–water partition coefficient (Wildman–Crippen LogP) is 0.887. The Morgan fingerprint density at radius 1 is 1.42 bits per heavy atom. The lowest BCUT2D eigenvalue weighted by atomic mass is 10.2. The van der Waals surface area contributed by atoms with Crippen LogP contribution in [-0.2, 0) is 4.79 Å². The topological polar surface area (TPSA) is 85.8 Å². The van der Waals surface area contributed by atoms with Crippen LogP contribution in [0.4, 0.5) is 0 Å². The van der Waals surface area contributed by atoms with Crippen molar-refractivity contribution in [3.8, 4) is 5.69 Å². The minimum absolute atomic E-state index is 0.367. The second kappa shape index (κ2) is 5.45. The maximum Gasteiger partial charge on any atom is 0.257 e. The van der Waals surface area contributed by atoms with E-state index in [0.717, 1.165) is 17.1 Å². The standard InChI is InChI=1S/C13H15N5O/c1-9-7-18(8-15-9)12-5-3-11(16-10(12)2)4-6-13(19)17-14/h3-8H,14H2,1-2H3,(H,17,19)/b6-4+. The number of carbonyl (C=O) groups is 1. The van der Waals surface area contributed by atoms with E-state index < -0.39 is 0 Å². The Morgan fingerprint density at radius 3 is 2.79 bits per heavy atom. The predicted molar refractivity (Wildman–Crippen MR) is 72.2 cm³/mol. The van der Waals surface area contributed by atoms with Gasteiger partial charge in [-0.25, -0.2) is 10.8 Å². The van der Waals surface area contributed by atoms with Gasteiger partial charge in [0.2, 0.25) is 0 Å². The number of hydrogen-bond acceptors (Lipinski definition) is 4. The molecular formula is C13H15N5O. The molecule has 19 heavy (non-hydrogen) atoms. The van der Waals surface area contributed by atoms with Crippen LogP contribution in [0.15, 0.2) is 30.7 Å². The number of aromatic nitrogens is 3. The SMILES string of the molecule is Cc1cn(-c2ccc(/C=C/C(=O)NN)nc2C)cn1. The van der Waals surface area contributed by atoms with E-state index in [4.69, 9.17) is 5.84 Å². The van der Waals surface area contributed by atoms with E-state index in [0.29, 0.717) is 5.69 Å². The van der Waals surface area contributed by atoms with Gasteiger partial charge in [-0.15, -0.1) is 0 Å². The van der Waals surface area contributed by atoms with Gasteiger partial charge in [-0.2, -0.15) is 0 Å². The fraction of sp³-hybridized carbons (Fsp3) is 0.154. The van der Waals surface area contributed by atoms with Crippen LogP contribution in [0.2, 0.25) is 0 Å². The molecule has 3 N–H and O–H groups in total. The number of amides is 1. The molecular weight excluding hydrogens is 242 g/mol. The maximum atomic E-state index is 11.0. The molecule has 0 aromatic carbocycles. The summed E-state index contributed by atoms with van der Waals surface area (Å²) in [5.41, 5.74) is 5.48. The van der Waals surface area contributed by atoms with Gasteiger partial charge in [-0.05, 0) is 32.1 Å². The van der Waals surface area contributed by atoms with E-state index in [1.807, 2.05) is 42.2 Å². The zero-order valence-electron chi connectivity index (χ0n) is 10.8. The number of hydrogen-bond donors (Lipinski definition) is 2. The Bertz CT molecular complexity index is 630. The molecule has 0 radical (unpaired) electrons. The number of nitrogens with zero attached hydrogens (tertiary/aromatic N) is 3. The highest BCUT2D eigenvalue weighted by Crippen LogP contribution is 2.13. The summed E-state index contributed by atoms with van der Waals surface area (Å²) >= 11 is 0. The molecule has 0 aliphatic heterocycles. The lowest BCUT2D eigenvalue weighted by molar-refractivity contribution is -0.116. The molecule has 6 heteroatoms. The third-order valence-electron chi connectivity index (χ3n) is 2.62. The van der Waals surface area contributed by atoms with Crippen LogP contribution in [-0.4, -0.2) is 20.4 Å². The largest absolute Gasteiger partial charge is 0.304 e. The average Bonchev–Trinajstić information content (AvgIpc) is 2.82. The number of aryl methyl sites for hydroxylation is 2. The van der Waals surface area contributed by atoms with Crippen molar-refractivity contribution in [1.29, 1.82) is 0 Å². The van der Waals surface area contributed by atoms with Crippen LogP contribution in [0.5, 0.6) is 0 Å². The number of nitrogens with two attached hydrogens (primary N) is 1. The smallest absolute Gasteiger partial charge is 0.257 e. The molecule has 0 saturated carbocycles. The number of nitrogens with one attached hydrogen (secondary N) is 1. The summed E-state index contributed by atoms with van der Waals surface area (Å²) in [7, 11) is 0. The fourth-order valence-electron chi connectivity index (χ4n) is 1.70. The molecule has 0 atom stereocenters. The van der Waals surface area contributed by atoms with Gasteiger partial charge in [0.25, 0.3) is 5.91 Å². The van der Waals surface area contributed by atoms with E-state index in [-0.39, 0.29) is 5.91 Å². The lowest BCUT2D eigenvalue weighted by Crippen LogP contribution is -2.27. The zero-order chi connectivity index (χ0) is 13.8. The first-order chi connectivity index (χ1) is 9.10. The van der Waals surface area contributed by atoms with Gasteiger partial charge in [0.05, 0.1) is 29.1 Å². The minimum atomic E-state index is -0.367. The van der Waals surface area contributed by atoms with Gasteiger partial charge in [0.1, 0.15) is 0 Å². The van der Waals surface area contributed by atoms with E-state index in [2.05, 4.69) is 9.97 Å². The van der Waals surface area contributed by atoms with Crippen molar-refractivity contribution >= 4 is 12.0 Å². The normalized spacial score (nSPS) is 10.9. The highest BCUT2D eigenvalue weighted by Gasteiger charge is 2.03. The van der Waals surface area contributed by atoms with Crippen molar-refractivity contribution in [2.75, 3.05) is 0 Å². The van der Waals surface area contributed by atoms with Gasteiger partial charge < -0.3 is 4.57 Å². The number of imidazole rings is 1. The third-order valence-corrected chi connectivity index (χ3v) is 2.62. The monoisotopic (exact) mass is 257 g/mol. The van der Waals surface area contributed by atoms with Gasteiger partial charge in [-0.1, -0.05) is 0 Å². The molecule has 2 heterocycles. The Morgan fingerprint density at radius 2 is 2.21 bits per heavy atom. The summed E-state index contributed by atoms with van der Waals surface area (Å²) < 4.78 is 1.91. The molecule has 0 spiro atoms. The summed E-state index contributed by atoms with van der Waals surface area (Å²) in [6.07, 6.45) is 6.62. The van der Waals surface area contributed by atoms with Gasteiger partial charge in [-0.3, -0.25) is 15.2 Å². The number of pyridine rings is 1. The van der Waals surface area contributed by atoms with Crippen molar-refractivity contribution in [2.24, 2.45) is 5.84 Å². The number of carbonyl (C=O) groups excluding carboxylic acids is 1. The first-order valence-electron chi connectivity index (χ1n) is 5.77. The molecule has 0 bridgehead atoms. The summed E-state index contributed by atoms with van der Waals surface area (Å²) in [4.78, 5) is 19.6. The molecule has 1 amide bonds. The molecule has 0 fully saturated rings. The molecule has 6 nitrogen and oxygen atoms in total. The van der Waals surface area contributed by atoms with E-state index >= 15 is 0 Å². The Kier molecular flexibility index (Phi) is 3.72. The fourth-order valence-corrected chi connectivity index (χ4v) is 1.70. The first-order valence-corrected chi connectivity index (χ1v) is 5.77. The van der Waals surface area contributed by atoms with E-state index in [1.165, 1.54) is 6.08 Å². The van der Waals surface area contributed by atoms with Crippen molar-refractivity contribution in [2.45, 2.75) is 13.8 Å². The van der Waals surface area contributed by atoms with Gasteiger partial charge >= 0.3 is 0 Å². The highest BCUT2D eigenvalue weighted by atomic mass is 16.2. The Hall–Kier alpha value is -2.47. The van der Waals surface area contributed by atoms with E-state index in [1.54, 1.807) is 12.4 Å².